The molecule has 1 saturated heterocycles. The number of aliphatic hydroxyl groups is 1. The molecule has 1 aromatic carbocycles. The van der Waals surface area contributed by atoms with E-state index >= 15 is 0 Å². The monoisotopic (exact) mass is 266 g/mol. The lowest BCUT2D eigenvalue weighted by molar-refractivity contribution is 0.199. The molecule has 0 spiro atoms. The van der Waals surface area contributed by atoms with Crippen LogP contribution in [0.2, 0.25) is 0 Å². The van der Waals surface area contributed by atoms with Crippen molar-refractivity contribution in [1.82, 2.24) is 4.90 Å². The second kappa shape index (κ2) is 5.88. The normalized spacial score (nSPS) is 21.2. The Morgan fingerprint density at radius 2 is 2.21 bits per heavy atom. The molecule has 106 valence electrons. The Kier molecular flexibility index (Phi) is 4.42. The van der Waals surface area contributed by atoms with Gasteiger partial charge in [-0.05, 0) is 51.6 Å². The van der Waals surface area contributed by atoms with Gasteiger partial charge < -0.3 is 14.9 Å². The van der Waals surface area contributed by atoms with Crippen LogP contribution in [-0.2, 0) is 0 Å². The Labute approximate surface area is 114 Å². The molecule has 2 unspecified atom stereocenters. The maximum absolute atomic E-state index is 14.2. The van der Waals surface area contributed by atoms with Gasteiger partial charge in [-0.25, -0.2) is 4.39 Å². The Hall–Kier alpha value is -1.13. The average molecular weight is 266 g/mol. The molecular weight excluding hydrogens is 243 g/mol. The number of aliphatic hydroxyl groups excluding tert-OH is 1. The van der Waals surface area contributed by atoms with Gasteiger partial charge in [0.2, 0.25) is 0 Å². The molecule has 2 rings (SSSR count). The maximum Gasteiger partial charge on any atom is 0.146 e. The van der Waals surface area contributed by atoms with Crippen molar-refractivity contribution >= 4 is 5.69 Å². The third-order valence-corrected chi connectivity index (χ3v) is 3.72. The molecule has 1 aliphatic heterocycles. The van der Waals surface area contributed by atoms with Gasteiger partial charge in [0.05, 0.1) is 11.8 Å². The zero-order chi connectivity index (χ0) is 14.0. The van der Waals surface area contributed by atoms with Crippen molar-refractivity contribution in [3.8, 4) is 0 Å². The standard InChI is InChI=1S/C15H23FN2O/c1-11(19)12-6-7-15(14(16)9-12)18-8-4-5-13(18)10-17(2)3/h6-7,9,11,13,19H,4-5,8,10H2,1-3H3. The number of benzene rings is 1. The van der Waals surface area contributed by atoms with Crippen LogP contribution >= 0.6 is 0 Å². The second-order valence-electron chi connectivity index (χ2n) is 5.64. The SMILES string of the molecule is CC(O)c1ccc(N2CCCC2CN(C)C)c(F)c1. The Balaban J connectivity index is 2.21. The van der Waals surface area contributed by atoms with Crippen molar-refractivity contribution in [2.45, 2.75) is 31.9 Å². The predicted molar refractivity (Wildman–Crippen MR) is 76.0 cm³/mol. The van der Waals surface area contributed by atoms with Gasteiger partial charge in [0, 0.05) is 19.1 Å². The number of nitrogens with zero attached hydrogens (tertiary/aromatic N) is 2. The molecule has 19 heavy (non-hydrogen) atoms. The first-order valence-corrected chi connectivity index (χ1v) is 6.88. The van der Waals surface area contributed by atoms with Crippen molar-refractivity contribution in [3.63, 3.8) is 0 Å². The zero-order valence-electron chi connectivity index (χ0n) is 11.9. The van der Waals surface area contributed by atoms with Crippen molar-refractivity contribution in [2.24, 2.45) is 0 Å². The fourth-order valence-corrected chi connectivity index (χ4v) is 2.78. The molecule has 0 bridgehead atoms. The Morgan fingerprint density at radius 3 is 2.79 bits per heavy atom. The van der Waals surface area contributed by atoms with Gasteiger partial charge in [-0.3, -0.25) is 0 Å². The van der Waals surface area contributed by atoms with E-state index in [2.05, 4.69) is 9.80 Å². The van der Waals surface area contributed by atoms with Gasteiger partial charge in [-0.15, -0.1) is 0 Å². The molecule has 4 heteroatoms. The van der Waals surface area contributed by atoms with Crippen LogP contribution in [0.25, 0.3) is 0 Å². The van der Waals surface area contributed by atoms with Gasteiger partial charge >= 0.3 is 0 Å². The van der Waals surface area contributed by atoms with E-state index in [9.17, 15) is 9.50 Å². The minimum absolute atomic E-state index is 0.232. The van der Waals surface area contributed by atoms with Crippen molar-refractivity contribution in [1.29, 1.82) is 0 Å². The van der Waals surface area contributed by atoms with E-state index in [4.69, 9.17) is 0 Å². The summed E-state index contributed by atoms with van der Waals surface area (Å²) in [7, 11) is 4.09. The molecule has 0 radical (unpaired) electrons. The summed E-state index contributed by atoms with van der Waals surface area (Å²) >= 11 is 0. The van der Waals surface area contributed by atoms with Crippen LogP contribution in [0.5, 0.6) is 0 Å². The third-order valence-electron chi connectivity index (χ3n) is 3.72. The number of rotatable bonds is 4. The number of hydrogen-bond acceptors (Lipinski definition) is 3. The molecule has 3 nitrogen and oxygen atoms in total. The van der Waals surface area contributed by atoms with E-state index in [1.165, 1.54) is 6.07 Å². The summed E-state index contributed by atoms with van der Waals surface area (Å²) in [6.45, 7) is 3.50. The number of hydrogen-bond donors (Lipinski definition) is 1. The fourth-order valence-electron chi connectivity index (χ4n) is 2.78. The molecule has 1 aliphatic rings. The molecule has 1 fully saturated rings. The summed E-state index contributed by atoms with van der Waals surface area (Å²) in [5, 5.41) is 9.49. The molecule has 0 saturated carbocycles. The van der Waals surface area contributed by atoms with E-state index < -0.39 is 6.10 Å². The van der Waals surface area contributed by atoms with Gasteiger partial charge in [-0.2, -0.15) is 0 Å². The van der Waals surface area contributed by atoms with Crippen LogP contribution in [0.1, 0.15) is 31.4 Å². The summed E-state index contributed by atoms with van der Waals surface area (Å²) < 4.78 is 14.2. The third kappa shape index (κ3) is 3.25. The molecule has 1 aromatic rings. The minimum atomic E-state index is -0.625. The van der Waals surface area contributed by atoms with Crippen LogP contribution in [0.4, 0.5) is 10.1 Å². The highest BCUT2D eigenvalue weighted by atomic mass is 19.1. The van der Waals surface area contributed by atoms with Gasteiger partial charge in [0.25, 0.3) is 0 Å². The first-order chi connectivity index (χ1) is 8.99. The molecule has 0 amide bonds. The van der Waals surface area contributed by atoms with E-state index in [0.717, 1.165) is 25.9 Å². The van der Waals surface area contributed by atoms with Crippen molar-refractivity contribution in [2.75, 3.05) is 32.1 Å². The smallest absolute Gasteiger partial charge is 0.146 e. The minimum Gasteiger partial charge on any atom is -0.389 e. The average Bonchev–Trinajstić information content (AvgIpc) is 2.75. The Bertz CT molecular complexity index is 434. The first kappa shape index (κ1) is 14.3. The summed E-state index contributed by atoms with van der Waals surface area (Å²) in [5.41, 5.74) is 1.29. The largest absolute Gasteiger partial charge is 0.389 e. The van der Waals surface area contributed by atoms with Gasteiger partial charge in [0.15, 0.2) is 0 Å². The molecule has 0 aromatic heterocycles. The molecule has 1 N–H and O–H groups in total. The van der Waals surface area contributed by atoms with Crippen molar-refractivity contribution < 1.29 is 9.50 Å². The summed E-state index contributed by atoms with van der Waals surface area (Å²) in [6, 6.07) is 5.44. The predicted octanol–water partition coefficient (Wildman–Crippen LogP) is 2.41. The Morgan fingerprint density at radius 1 is 1.47 bits per heavy atom. The number of halogens is 1. The second-order valence-corrected chi connectivity index (χ2v) is 5.64. The highest BCUT2D eigenvalue weighted by Crippen LogP contribution is 2.29. The topological polar surface area (TPSA) is 26.7 Å². The number of anilines is 1. The van der Waals surface area contributed by atoms with E-state index in [1.54, 1.807) is 13.0 Å². The molecule has 0 aliphatic carbocycles. The highest BCUT2D eigenvalue weighted by Gasteiger charge is 2.27. The first-order valence-electron chi connectivity index (χ1n) is 6.88. The van der Waals surface area contributed by atoms with Crippen LogP contribution < -0.4 is 4.90 Å². The van der Waals surface area contributed by atoms with E-state index in [1.807, 2.05) is 20.2 Å². The summed E-state index contributed by atoms with van der Waals surface area (Å²) in [6.07, 6.45) is 1.59. The lowest BCUT2D eigenvalue weighted by atomic mass is 10.1. The van der Waals surface area contributed by atoms with Gasteiger partial charge in [0.1, 0.15) is 5.82 Å². The lowest BCUT2D eigenvalue weighted by Gasteiger charge is -2.29. The van der Waals surface area contributed by atoms with E-state index in [-0.39, 0.29) is 5.82 Å². The van der Waals surface area contributed by atoms with Crippen LogP contribution in [0, 0.1) is 5.82 Å². The quantitative estimate of drug-likeness (QED) is 0.906. The molecular formula is C15H23FN2O. The van der Waals surface area contributed by atoms with Crippen LogP contribution in [-0.4, -0.2) is 43.2 Å². The summed E-state index contributed by atoms with van der Waals surface area (Å²) in [5.74, 6) is -0.232. The highest BCUT2D eigenvalue weighted by molar-refractivity contribution is 5.51. The number of likely N-dealkylation sites (N-methyl/N-ethyl adjacent to an activating group) is 1. The lowest BCUT2D eigenvalue weighted by Crippen LogP contribution is -2.38. The zero-order valence-corrected chi connectivity index (χ0v) is 11.9. The van der Waals surface area contributed by atoms with Crippen LogP contribution in [0.3, 0.4) is 0 Å². The molecule has 2 atom stereocenters. The maximum atomic E-state index is 14.2. The molecule has 1 heterocycles. The van der Waals surface area contributed by atoms with Crippen LogP contribution in [0.15, 0.2) is 18.2 Å². The fraction of sp³-hybridized carbons (Fsp3) is 0.600. The van der Waals surface area contributed by atoms with Gasteiger partial charge in [-0.1, -0.05) is 6.07 Å². The summed E-state index contributed by atoms with van der Waals surface area (Å²) in [4.78, 5) is 4.30. The van der Waals surface area contributed by atoms with E-state index in [0.29, 0.717) is 17.3 Å². The van der Waals surface area contributed by atoms with Crippen molar-refractivity contribution in [3.05, 3.63) is 29.6 Å².